The molecule has 0 amide bonds. The highest BCUT2D eigenvalue weighted by Gasteiger charge is 2.11. The first-order chi connectivity index (χ1) is 10.2. The van der Waals surface area contributed by atoms with Crippen LogP contribution in [0.4, 0.5) is 0 Å². The molecule has 1 aromatic heterocycles. The molecule has 0 saturated carbocycles. The van der Waals surface area contributed by atoms with Gasteiger partial charge in [-0.3, -0.25) is 0 Å². The zero-order chi connectivity index (χ0) is 14.7. The van der Waals surface area contributed by atoms with E-state index < -0.39 is 0 Å². The average Bonchev–Trinajstić information content (AvgIpc) is 2.94. The van der Waals surface area contributed by atoms with Gasteiger partial charge in [0, 0.05) is 10.2 Å². The van der Waals surface area contributed by atoms with Crippen LogP contribution in [0.15, 0.2) is 62.6 Å². The van der Waals surface area contributed by atoms with Crippen LogP contribution in [0.5, 0.6) is 0 Å². The standard InChI is InChI=1S/C15H10BrClN2OS/c16-11-5-3-4-10(8-11)9-21-15-19-18-14(20-15)12-6-1-2-7-13(12)17/h1-8H,9H2. The lowest BCUT2D eigenvalue weighted by molar-refractivity contribution is 0.466. The van der Waals surface area contributed by atoms with E-state index in [-0.39, 0.29) is 0 Å². The maximum absolute atomic E-state index is 6.12. The van der Waals surface area contributed by atoms with Crippen LogP contribution in [-0.2, 0) is 5.75 Å². The van der Waals surface area contributed by atoms with Crippen LogP contribution in [0.25, 0.3) is 11.5 Å². The van der Waals surface area contributed by atoms with Gasteiger partial charge in [0.1, 0.15) is 0 Å². The molecule has 0 aliphatic heterocycles. The molecule has 0 aliphatic rings. The predicted molar refractivity (Wildman–Crippen MR) is 88.4 cm³/mol. The Morgan fingerprint density at radius 1 is 1.10 bits per heavy atom. The maximum atomic E-state index is 6.12. The summed E-state index contributed by atoms with van der Waals surface area (Å²) in [7, 11) is 0. The average molecular weight is 382 g/mol. The molecule has 3 rings (SSSR count). The van der Waals surface area contributed by atoms with Crippen molar-refractivity contribution in [1.29, 1.82) is 0 Å². The van der Waals surface area contributed by atoms with Crippen LogP contribution in [0, 0.1) is 0 Å². The number of hydrogen-bond donors (Lipinski definition) is 0. The first kappa shape index (κ1) is 14.6. The van der Waals surface area contributed by atoms with E-state index in [0.717, 1.165) is 15.8 Å². The van der Waals surface area contributed by atoms with Gasteiger partial charge in [-0.15, -0.1) is 10.2 Å². The van der Waals surface area contributed by atoms with Gasteiger partial charge in [-0.1, -0.05) is 63.6 Å². The molecule has 1 heterocycles. The number of halogens is 2. The predicted octanol–water partition coefficient (Wildman–Crippen LogP) is 5.44. The lowest BCUT2D eigenvalue weighted by Crippen LogP contribution is -1.80. The molecule has 2 aromatic carbocycles. The maximum Gasteiger partial charge on any atom is 0.277 e. The summed E-state index contributed by atoms with van der Waals surface area (Å²) in [6.07, 6.45) is 0. The molecule has 0 fully saturated rings. The van der Waals surface area contributed by atoms with Crippen LogP contribution in [-0.4, -0.2) is 10.2 Å². The Morgan fingerprint density at radius 2 is 1.95 bits per heavy atom. The second-order valence-electron chi connectivity index (χ2n) is 4.27. The molecule has 0 N–H and O–H groups in total. The Bertz CT molecular complexity index is 763. The fourth-order valence-corrected chi connectivity index (χ4v) is 3.15. The van der Waals surface area contributed by atoms with Crippen LogP contribution >= 0.6 is 39.3 Å². The summed E-state index contributed by atoms with van der Waals surface area (Å²) in [4.78, 5) is 0. The lowest BCUT2D eigenvalue weighted by atomic mass is 10.2. The Morgan fingerprint density at radius 3 is 2.76 bits per heavy atom. The van der Waals surface area contributed by atoms with Crippen molar-refractivity contribution in [3.05, 3.63) is 63.6 Å². The van der Waals surface area contributed by atoms with Gasteiger partial charge in [0.15, 0.2) is 0 Å². The molecule has 0 radical (unpaired) electrons. The van der Waals surface area contributed by atoms with Crippen molar-refractivity contribution in [3.8, 4) is 11.5 Å². The highest BCUT2D eigenvalue weighted by atomic mass is 79.9. The lowest BCUT2D eigenvalue weighted by Gasteiger charge is -1.99. The van der Waals surface area contributed by atoms with Gasteiger partial charge in [0.25, 0.3) is 5.22 Å². The molecule has 0 spiro atoms. The monoisotopic (exact) mass is 380 g/mol. The van der Waals surface area contributed by atoms with Crippen molar-refractivity contribution in [2.24, 2.45) is 0 Å². The molecule has 6 heteroatoms. The van der Waals surface area contributed by atoms with Gasteiger partial charge in [0.2, 0.25) is 5.89 Å². The minimum atomic E-state index is 0.442. The molecule has 0 aliphatic carbocycles. The second kappa shape index (κ2) is 6.64. The van der Waals surface area contributed by atoms with E-state index >= 15 is 0 Å². The third-order valence-corrected chi connectivity index (χ3v) is 4.47. The van der Waals surface area contributed by atoms with E-state index in [9.17, 15) is 0 Å². The van der Waals surface area contributed by atoms with Crippen molar-refractivity contribution in [3.63, 3.8) is 0 Å². The normalized spacial score (nSPS) is 10.8. The molecule has 0 unspecified atom stereocenters. The van der Waals surface area contributed by atoms with Crippen LogP contribution in [0.3, 0.4) is 0 Å². The van der Waals surface area contributed by atoms with Crippen molar-refractivity contribution in [2.45, 2.75) is 11.0 Å². The smallest absolute Gasteiger partial charge is 0.277 e. The van der Waals surface area contributed by atoms with Crippen molar-refractivity contribution in [1.82, 2.24) is 10.2 Å². The van der Waals surface area contributed by atoms with E-state index in [4.69, 9.17) is 16.0 Å². The Kier molecular flexibility index (Phi) is 4.63. The van der Waals surface area contributed by atoms with Gasteiger partial charge in [0.05, 0.1) is 10.6 Å². The number of nitrogens with zero attached hydrogens (tertiary/aromatic N) is 2. The second-order valence-corrected chi connectivity index (χ2v) is 6.52. The van der Waals surface area contributed by atoms with Gasteiger partial charge >= 0.3 is 0 Å². The van der Waals surface area contributed by atoms with Gasteiger partial charge in [-0.25, -0.2) is 0 Å². The first-order valence-corrected chi connectivity index (χ1v) is 8.34. The zero-order valence-corrected chi connectivity index (χ0v) is 14.0. The van der Waals surface area contributed by atoms with Crippen LogP contribution < -0.4 is 0 Å². The van der Waals surface area contributed by atoms with Crippen molar-refractivity contribution < 1.29 is 4.42 Å². The van der Waals surface area contributed by atoms with Crippen molar-refractivity contribution in [2.75, 3.05) is 0 Å². The summed E-state index contributed by atoms with van der Waals surface area (Å²) < 4.78 is 6.71. The van der Waals surface area contributed by atoms with E-state index in [1.54, 1.807) is 6.07 Å². The molecule has 21 heavy (non-hydrogen) atoms. The Hall–Kier alpha value is -1.30. The molecule has 0 saturated heterocycles. The number of rotatable bonds is 4. The summed E-state index contributed by atoms with van der Waals surface area (Å²) in [5, 5.41) is 9.23. The largest absolute Gasteiger partial charge is 0.411 e. The van der Waals surface area contributed by atoms with Gasteiger partial charge in [-0.05, 0) is 29.8 Å². The van der Waals surface area contributed by atoms with E-state index in [1.807, 2.05) is 30.3 Å². The van der Waals surface area contributed by atoms with Crippen LogP contribution in [0.1, 0.15) is 5.56 Å². The fourth-order valence-electron chi connectivity index (χ4n) is 1.78. The molecule has 106 valence electrons. The van der Waals surface area contributed by atoms with Gasteiger partial charge in [-0.2, -0.15) is 0 Å². The number of thioether (sulfide) groups is 1. The number of aromatic nitrogens is 2. The zero-order valence-electron chi connectivity index (χ0n) is 10.8. The third kappa shape index (κ3) is 3.67. The minimum Gasteiger partial charge on any atom is -0.411 e. The Balaban J connectivity index is 1.72. The number of hydrogen-bond acceptors (Lipinski definition) is 4. The first-order valence-electron chi connectivity index (χ1n) is 6.18. The number of benzene rings is 2. The topological polar surface area (TPSA) is 38.9 Å². The fraction of sp³-hybridized carbons (Fsp3) is 0.0667. The van der Waals surface area contributed by atoms with E-state index in [1.165, 1.54) is 17.3 Å². The summed E-state index contributed by atoms with van der Waals surface area (Å²) >= 11 is 11.1. The SMILES string of the molecule is Clc1ccccc1-c1nnc(SCc2cccc(Br)c2)o1. The summed E-state index contributed by atoms with van der Waals surface area (Å²) in [6, 6.07) is 15.5. The van der Waals surface area contributed by atoms with E-state index in [0.29, 0.717) is 16.1 Å². The molecule has 0 bridgehead atoms. The summed E-state index contributed by atoms with van der Waals surface area (Å²) in [5.74, 6) is 1.21. The Labute approximate surface area is 139 Å². The van der Waals surface area contributed by atoms with Crippen molar-refractivity contribution >= 4 is 39.3 Å². The molecule has 3 nitrogen and oxygen atoms in total. The summed E-state index contributed by atoms with van der Waals surface area (Å²) in [6.45, 7) is 0. The molecule has 3 aromatic rings. The van der Waals surface area contributed by atoms with Gasteiger partial charge < -0.3 is 4.42 Å². The highest BCUT2D eigenvalue weighted by Crippen LogP contribution is 2.30. The molecular formula is C15H10BrClN2OS. The quantitative estimate of drug-likeness (QED) is 0.564. The minimum absolute atomic E-state index is 0.442. The summed E-state index contributed by atoms with van der Waals surface area (Å²) in [5.41, 5.74) is 1.94. The highest BCUT2D eigenvalue weighted by molar-refractivity contribution is 9.10. The third-order valence-electron chi connectivity index (χ3n) is 2.76. The molecular weight excluding hydrogens is 372 g/mol. The molecule has 0 atom stereocenters. The van der Waals surface area contributed by atoms with E-state index in [2.05, 4.69) is 38.3 Å². The van der Waals surface area contributed by atoms with Crippen LogP contribution in [0.2, 0.25) is 5.02 Å².